The molecule has 2 amide bonds. The van der Waals surface area contributed by atoms with Crippen LogP contribution in [0.25, 0.3) is 11.1 Å². The summed E-state index contributed by atoms with van der Waals surface area (Å²) in [6, 6.07) is 20.2. The van der Waals surface area contributed by atoms with E-state index in [0.29, 0.717) is 31.7 Å². The molecule has 0 aliphatic carbocycles. The normalized spacial score (nSPS) is 17.0. The van der Waals surface area contributed by atoms with E-state index in [1.807, 2.05) is 36.4 Å². The van der Waals surface area contributed by atoms with Gasteiger partial charge in [0.25, 0.3) is 5.91 Å². The maximum atomic E-state index is 13.2. The van der Waals surface area contributed by atoms with Gasteiger partial charge in [0.2, 0.25) is 5.91 Å². The van der Waals surface area contributed by atoms with Crippen LogP contribution in [0.4, 0.5) is 0 Å². The molecular formula is C26H30N4O2. The maximum absolute atomic E-state index is 13.2. The molecule has 0 radical (unpaired) electrons. The molecule has 2 N–H and O–H groups in total. The highest BCUT2D eigenvalue weighted by molar-refractivity contribution is 5.93. The first-order chi connectivity index (χ1) is 15.3. The Hall–Kier alpha value is -3.41. The van der Waals surface area contributed by atoms with Gasteiger partial charge in [0.05, 0.1) is 5.92 Å². The van der Waals surface area contributed by atoms with E-state index in [2.05, 4.69) is 60.6 Å². The zero-order valence-corrected chi connectivity index (χ0v) is 18.9. The molecule has 6 nitrogen and oxygen atoms in total. The van der Waals surface area contributed by atoms with Crippen LogP contribution in [0.3, 0.4) is 0 Å². The highest BCUT2D eigenvalue weighted by atomic mass is 16.2. The lowest BCUT2D eigenvalue weighted by atomic mass is 9.91. The van der Waals surface area contributed by atoms with Crippen molar-refractivity contribution in [2.45, 2.75) is 32.6 Å². The van der Waals surface area contributed by atoms with Gasteiger partial charge >= 0.3 is 0 Å². The molecular weight excluding hydrogens is 400 g/mol. The van der Waals surface area contributed by atoms with Gasteiger partial charge in [0, 0.05) is 30.7 Å². The molecule has 1 aromatic heterocycles. The number of nitrogens with zero attached hydrogens (tertiary/aromatic N) is 2. The van der Waals surface area contributed by atoms with Crippen LogP contribution in [0, 0.1) is 5.92 Å². The summed E-state index contributed by atoms with van der Waals surface area (Å²) in [5, 5.41) is 10.2. The van der Waals surface area contributed by atoms with Gasteiger partial charge in [-0.1, -0.05) is 75.4 Å². The average Bonchev–Trinajstić information content (AvgIpc) is 3.22. The summed E-state index contributed by atoms with van der Waals surface area (Å²) >= 11 is 0. The van der Waals surface area contributed by atoms with E-state index in [1.54, 1.807) is 4.90 Å². The van der Waals surface area contributed by atoms with Gasteiger partial charge in [-0.15, -0.1) is 0 Å². The Balaban J connectivity index is 1.56. The highest BCUT2D eigenvalue weighted by Crippen LogP contribution is 2.27. The molecule has 0 spiro atoms. The molecule has 0 saturated carbocycles. The van der Waals surface area contributed by atoms with Gasteiger partial charge in [-0.2, -0.15) is 5.10 Å². The summed E-state index contributed by atoms with van der Waals surface area (Å²) in [6.45, 7) is 7.50. The minimum atomic E-state index is -0.327. The number of carbonyl (C=O) groups excluding carboxylic acids is 2. The topological polar surface area (TPSA) is 78.1 Å². The average molecular weight is 431 g/mol. The summed E-state index contributed by atoms with van der Waals surface area (Å²) in [4.78, 5) is 27.8. The van der Waals surface area contributed by atoms with Crippen molar-refractivity contribution in [1.29, 1.82) is 0 Å². The number of carbonyl (C=O) groups is 2. The second-order valence-electron chi connectivity index (χ2n) is 9.38. The standard InChI is InChI=1S/C26H30N4O2/c1-26(2,3)23-16-22(28-29-23)25(32)30-14-13-27-24(31)20(17-30)15-19-11-7-8-12-21(19)18-9-5-4-6-10-18/h4-12,16,20H,13-15,17H2,1-3H3,(H,27,31)(H,28,29)/t20-/m1/s1. The largest absolute Gasteiger partial charge is 0.354 e. The van der Waals surface area contributed by atoms with Crippen molar-refractivity contribution in [2.75, 3.05) is 19.6 Å². The fraction of sp³-hybridized carbons (Fsp3) is 0.346. The molecule has 1 aliphatic heterocycles. The first kappa shape index (κ1) is 21.8. The van der Waals surface area contributed by atoms with Crippen LogP contribution in [0.2, 0.25) is 0 Å². The number of aromatic nitrogens is 2. The Morgan fingerprint density at radius 3 is 2.53 bits per heavy atom. The van der Waals surface area contributed by atoms with Crippen LogP contribution in [0.5, 0.6) is 0 Å². The molecule has 1 fully saturated rings. The SMILES string of the molecule is CC(C)(C)c1cc(C(=O)N2CCNC(=O)[C@H](Cc3ccccc3-c3ccccc3)C2)n[nH]1. The van der Waals surface area contributed by atoms with E-state index in [0.717, 1.165) is 22.4 Å². The Bertz CT molecular complexity index is 1100. The number of hydrogen-bond donors (Lipinski definition) is 2. The molecule has 1 saturated heterocycles. The van der Waals surface area contributed by atoms with Gasteiger partial charge < -0.3 is 10.2 Å². The van der Waals surface area contributed by atoms with Gasteiger partial charge in [0.1, 0.15) is 5.69 Å². The monoisotopic (exact) mass is 430 g/mol. The van der Waals surface area contributed by atoms with Crippen molar-refractivity contribution < 1.29 is 9.59 Å². The van der Waals surface area contributed by atoms with E-state index in [4.69, 9.17) is 0 Å². The van der Waals surface area contributed by atoms with Crippen LogP contribution < -0.4 is 5.32 Å². The number of benzene rings is 2. The first-order valence-electron chi connectivity index (χ1n) is 11.1. The van der Waals surface area contributed by atoms with E-state index in [9.17, 15) is 9.59 Å². The zero-order valence-electron chi connectivity index (χ0n) is 18.9. The molecule has 1 aliphatic rings. The Morgan fingerprint density at radius 1 is 1.09 bits per heavy atom. The quantitative estimate of drug-likeness (QED) is 0.661. The number of amides is 2. The summed E-state index contributed by atoms with van der Waals surface area (Å²) < 4.78 is 0. The number of hydrogen-bond acceptors (Lipinski definition) is 3. The van der Waals surface area contributed by atoms with Gasteiger partial charge in [-0.25, -0.2) is 0 Å². The minimum absolute atomic E-state index is 0.0134. The van der Waals surface area contributed by atoms with Crippen molar-refractivity contribution in [3.05, 3.63) is 77.6 Å². The Kier molecular flexibility index (Phi) is 6.12. The summed E-state index contributed by atoms with van der Waals surface area (Å²) in [7, 11) is 0. The van der Waals surface area contributed by atoms with Gasteiger partial charge in [-0.05, 0) is 29.2 Å². The Labute approximate surface area is 189 Å². The molecule has 1 atom stereocenters. The highest BCUT2D eigenvalue weighted by Gasteiger charge is 2.30. The molecule has 4 rings (SSSR count). The van der Waals surface area contributed by atoms with E-state index in [1.165, 1.54) is 0 Å². The smallest absolute Gasteiger partial charge is 0.274 e. The third-order valence-electron chi connectivity index (χ3n) is 5.95. The predicted octanol–water partition coefficient (Wildman–Crippen LogP) is 3.81. The lowest BCUT2D eigenvalue weighted by molar-refractivity contribution is -0.124. The summed E-state index contributed by atoms with van der Waals surface area (Å²) in [5.74, 6) is -0.484. The molecule has 0 bridgehead atoms. The fourth-order valence-electron chi connectivity index (χ4n) is 4.08. The number of nitrogens with one attached hydrogen (secondary N) is 2. The predicted molar refractivity (Wildman–Crippen MR) is 125 cm³/mol. The molecule has 166 valence electrons. The third-order valence-corrected chi connectivity index (χ3v) is 5.95. The fourth-order valence-corrected chi connectivity index (χ4v) is 4.08. The number of H-pyrrole nitrogens is 1. The molecule has 2 aromatic carbocycles. The first-order valence-corrected chi connectivity index (χ1v) is 11.1. The second kappa shape index (κ2) is 8.99. The lowest BCUT2D eigenvalue weighted by Crippen LogP contribution is -2.37. The van der Waals surface area contributed by atoms with Crippen LogP contribution in [-0.2, 0) is 16.6 Å². The van der Waals surface area contributed by atoms with Gasteiger partial charge in [-0.3, -0.25) is 14.7 Å². The zero-order chi connectivity index (χ0) is 22.7. The van der Waals surface area contributed by atoms with Crippen molar-refractivity contribution >= 4 is 11.8 Å². The summed E-state index contributed by atoms with van der Waals surface area (Å²) in [5.41, 5.74) is 4.53. The van der Waals surface area contributed by atoms with Crippen LogP contribution in [-0.4, -0.2) is 46.5 Å². The maximum Gasteiger partial charge on any atom is 0.274 e. The molecule has 6 heteroatoms. The van der Waals surface area contributed by atoms with Crippen molar-refractivity contribution in [3.63, 3.8) is 0 Å². The van der Waals surface area contributed by atoms with E-state index >= 15 is 0 Å². The van der Waals surface area contributed by atoms with E-state index in [-0.39, 0.29) is 23.1 Å². The lowest BCUT2D eigenvalue weighted by Gasteiger charge is -2.23. The van der Waals surface area contributed by atoms with E-state index < -0.39 is 0 Å². The van der Waals surface area contributed by atoms with Crippen LogP contribution >= 0.6 is 0 Å². The summed E-state index contributed by atoms with van der Waals surface area (Å²) in [6.07, 6.45) is 0.564. The minimum Gasteiger partial charge on any atom is -0.354 e. The molecule has 0 unspecified atom stereocenters. The molecule has 2 heterocycles. The van der Waals surface area contributed by atoms with Crippen molar-refractivity contribution in [3.8, 4) is 11.1 Å². The number of aromatic amines is 1. The number of rotatable bonds is 4. The van der Waals surface area contributed by atoms with Gasteiger partial charge in [0.15, 0.2) is 0 Å². The molecule has 3 aromatic rings. The third kappa shape index (κ3) is 4.74. The van der Waals surface area contributed by atoms with Crippen LogP contribution in [0.1, 0.15) is 42.5 Å². The second-order valence-corrected chi connectivity index (χ2v) is 9.38. The molecule has 32 heavy (non-hydrogen) atoms. The van der Waals surface area contributed by atoms with Crippen molar-refractivity contribution in [2.24, 2.45) is 5.92 Å². The Morgan fingerprint density at radius 2 is 1.81 bits per heavy atom. The van der Waals surface area contributed by atoms with Crippen molar-refractivity contribution in [1.82, 2.24) is 20.4 Å². The van der Waals surface area contributed by atoms with Crippen LogP contribution in [0.15, 0.2) is 60.7 Å².